The number of ether oxygens (including phenoxy) is 2. The molecule has 2 aromatic carbocycles. The molecule has 190 valence electrons. The summed E-state index contributed by atoms with van der Waals surface area (Å²) in [5.74, 6) is 0.172. The fourth-order valence-electron chi connectivity index (χ4n) is 4.83. The molecule has 36 heavy (non-hydrogen) atoms. The first-order valence-corrected chi connectivity index (χ1v) is 13.0. The summed E-state index contributed by atoms with van der Waals surface area (Å²) in [6, 6.07) is 12.5. The van der Waals surface area contributed by atoms with Crippen LogP contribution >= 0.6 is 0 Å². The molecule has 5 rings (SSSR count). The maximum Gasteiger partial charge on any atom is 0.325 e. The van der Waals surface area contributed by atoms with E-state index >= 15 is 0 Å². The molecule has 11 nitrogen and oxygen atoms in total. The molecule has 1 N–H and O–H groups in total. The lowest BCUT2D eigenvalue weighted by atomic mass is 9.84. The smallest absolute Gasteiger partial charge is 0.325 e. The first kappa shape index (κ1) is 24.1. The van der Waals surface area contributed by atoms with Gasteiger partial charge in [0.2, 0.25) is 15.9 Å². The second kappa shape index (κ2) is 9.10. The summed E-state index contributed by atoms with van der Waals surface area (Å²) < 4.78 is 38.0. The van der Waals surface area contributed by atoms with E-state index in [0.717, 1.165) is 4.90 Å². The molecular formula is C24H26N4O7S. The van der Waals surface area contributed by atoms with Crippen LogP contribution in [0.25, 0.3) is 0 Å². The van der Waals surface area contributed by atoms with Gasteiger partial charge < -0.3 is 19.7 Å². The highest BCUT2D eigenvalue weighted by Crippen LogP contribution is 2.40. The van der Waals surface area contributed by atoms with E-state index in [-0.39, 0.29) is 44.1 Å². The van der Waals surface area contributed by atoms with Gasteiger partial charge in [0.1, 0.15) is 18.0 Å². The first-order chi connectivity index (χ1) is 17.3. The standard InChI is InChI=1S/C24H26N4O7S/c1-34-17-6-8-18(9-7-17)36(32,33)27-13-11-26(12-14-27)21(29)16-28-22(30)24(25-23(28)31)10-15-35-20-5-3-2-4-19(20)24/h2-9H,10-16H2,1H3,(H,25,31)/t24-/m0/s1. The van der Waals surface area contributed by atoms with Crippen LogP contribution in [0.5, 0.6) is 11.5 Å². The van der Waals surface area contributed by atoms with Gasteiger partial charge in [0.15, 0.2) is 5.54 Å². The van der Waals surface area contributed by atoms with E-state index in [9.17, 15) is 22.8 Å². The van der Waals surface area contributed by atoms with E-state index in [4.69, 9.17) is 9.47 Å². The van der Waals surface area contributed by atoms with Crippen LogP contribution in [-0.4, -0.2) is 86.8 Å². The van der Waals surface area contributed by atoms with E-state index in [1.165, 1.54) is 28.4 Å². The first-order valence-electron chi connectivity index (χ1n) is 11.5. The quantitative estimate of drug-likeness (QED) is 0.584. The summed E-state index contributed by atoms with van der Waals surface area (Å²) >= 11 is 0. The Hall–Kier alpha value is -3.64. The summed E-state index contributed by atoms with van der Waals surface area (Å²) in [4.78, 5) is 41.7. The summed E-state index contributed by atoms with van der Waals surface area (Å²) in [5.41, 5.74) is -0.681. The van der Waals surface area contributed by atoms with Crippen molar-refractivity contribution in [3.63, 3.8) is 0 Å². The maximum atomic E-state index is 13.4. The number of rotatable bonds is 5. The van der Waals surface area contributed by atoms with Crippen molar-refractivity contribution in [3.8, 4) is 11.5 Å². The van der Waals surface area contributed by atoms with Gasteiger partial charge in [-0.25, -0.2) is 13.2 Å². The predicted octanol–water partition coefficient (Wildman–Crippen LogP) is 0.758. The molecule has 12 heteroatoms. The molecule has 4 amide bonds. The minimum absolute atomic E-state index is 0.106. The molecule has 3 aliphatic rings. The van der Waals surface area contributed by atoms with Crippen LogP contribution in [0.1, 0.15) is 12.0 Å². The van der Waals surface area contributed by atoms with Crippen molar-refractivity contribution in [2.45, 2.75) is 16.9 Å². The summed E-state index contributed by atoms with van der Waals surface area (Å²) in [6.07, 6.45) is 0.265. The van der Waals surface area contributed by atoms with Crippen molar-refractivity contribution in [2.24, 2.45) is 0 Å². The van der Waals surface area contributed by atoms with Crippen LogP contribution in [0.2, 0.25) is 0 Å². The third kappa shape index (κ3) is 3.95. The van der Waals surface area contributed by atoms with Gasteiger partial charge in [-0.05, 0) is 30.3 Å². The Kier molecular flexibility index (Phi) is 6.08. The van der Waals surface area contributed by atoms with Gasteiger partial charge in [-0.1, -0.05) is 18.2 Å². The van der Waals surface area contributed by atoms with Crippen LogP contribution in [0, 0.1) is 0 Å². The molecule has 1 spiro atoms. The third-order valence-corrected chi connectivity index (χ3v) is 8.75. The van der Waals surface area contributed by atoms with E-state index in [2.05, 4.69) is 5.32 Å². The van der Waals surface area contributed by atoms with Crippen molar-refractivity contribution in [1.82, 2.24) is 19.4 Å². The van der Waals surface area contributed by atoms with Gasteiger partial charge in [0, 0.05) is 38.2 Å². The molecule has 3 aliphatic heterocycles. The molecule has 2 saturated heterocycles. The number of imide groups is 1. The highest BCUT2D eigenvalue weighted by molar-refractivity contribution is 7.89. The molecule has 0 unspecified atom stereocenters. The summed E-state index contributed by atoms with van der Waals surface area (Å²) in [6.45, 7) is 0.360. The lowest BCUT2D eigenvalue weighted by molar-refractivity contribution is -0.140. The van der Waals surface area contributed by atoms with Crippen molar-refractivity contribution in [1.29, 1.82) is 0 Å². The van der Waals surface area contributed by atoms with Gasteiger partial charge in [-0.15, -0.1) is 0 Å². The van der Waals surface area contributed by atoms with E-state index in [1.807, 2.05) is 0 Å². The minimum atomic E-state index is -3.72. The number of hydrogen-bond donors (Lipinski definition) is 1. The number of carbonyl (C=O) groups is 3. The number of amides is 4. The average molecular weight is 515 g/mol. The van der Waals surface area contributed by atoms with Gasteiger partial charge in [-0.2, -0.15) is 4.31 Å². The summed E-state index contributed by atoms with van der Waals surface area (Å²) in [7, 11) is -2.22. The van der Waals surface area contributed by atoms with Crippen LogP contribution in [0.3, 0.4) is 0 Å². The molecule has 3 heterocycles. The largest absolute Gasteiger partial charge is 0.497 e. The lowest BCUT2D eigenvalue weighted by Crippen LogP contribution is -2.53. The van der Waals surface area contributed by atoms with Crippen molar-refractivity contribution < 1.29 is 32.3 Å². The number of sulfonamides is 1. The Bertz CT molecular complexity index is 1310. The van der Waals surface area contributed by atoms with Crippen molar-refractivity contribution in [3.05, 3.63) is 54.1 Å². The molecule has 1 atom stereocenters. The number of hydrogen-bond acceptors (Lipinski definition) is 7. The van der Waals surface area contributed by atoms with E-state index in [0.29, 0.717) is 17.1 Å². The predicted molar refractivity (Wildman–Crippen MR) is 127 cm³/mol. The zero-order valence-electron chi connectivity index (χ0n) is 19.7. The molecule has 0 aliphatic carbocycles. The van der Waals surface area contributed by atoms with Crippen LogP contribution in [0.15, 0.2) is 53.4 Å². The Morgan fingerprint density at radius 2 is 1.75 bits per heavy atom. The zero-order chi connectivity index (χ0) is 25.5. The van der Waals surface area contributed by atoms with E-state index in [1.54, 1.807) is 36.4 Å². The number of urea groups is 1. The molecule has 2 aromatic rings. The molecular weight excluding hydrogens is 488 g/mol. The van der Waals surface area contributed by atoms with Gasteiger partial charge in [0.25, 0.3) is 5.91 Å². The highest BCUT2D eigenvalue weighted by atomic mass is 32.2. The van der Waals surface area contributed by atoms with Crippen molar-refractivity contribution in [2.75, 3.05) is 46.4 Å². The van der Waals surface area contributed by atoms with Crippen LogP contribution in [0.4, 0.5) is 4.79 Å². The number of piperazine rings is 1. The number of methoxy groups -OCH3 is 1. The number of para-hydroxylation sites is 1. The van der Waals surface area contributed by atoms with Crippen LogP contribution in [-0.2, 0) is 25.2 Å². The average Bonchev–Trinajstić information content (AvgIpc) is 3.13. The normalized spacial score (nSPS) is 22.2. The Balaban J connectivity index is 1.24. The summed E-state index contributed by atoms with van der Waals surface area (Å²) in [5, 5.41) is 2.78. The Labute approximate surface area is 208 Å². The highest BCUT2D eigenvalue weighted by Gasteiger charge is 2.55. The minimum Gasteiger partial charge on any atom is -0.497 e. The fourth-order valence-corrected chi connectivity index (χ4v) is 6.25. The van der Waals surface area contributed by atoms with Gasteiger partial charge in [-0.3, -0.25) is 14.5 Å². The molecule has 2 fully saturated rings. The van der Waals surface area contributed by atoms with E-state index < -0.39 is 40.0 Å². The number of benzene rings is 2. The molecule has 0 saturated carbocycles. The van der Waals surface area contributed by atoms with Crippen LogP contribution < -0.4 is 14.8 Å². The number of nitrogens with one attached hydrogen (secondary N) is 1. The second-order valence-electron chi connectivity index (χ2n) is 8.78. The number of carbonyl (C=O) groups excluding carboxylic acids is 3. The third-order valence-electron chi connectivity index (χ3n) is 6.84. The van der Waals surface area contributed by atoms with Gasteiger partial charge in [0.05, 0.1) is 18.6 Å². The SMILES string of the molecule is COc1ccc(S(=O)(=O)N2CCN(C(=O)CN3C(=O)N[C@]4(CCOc5ccccc54)C3=O)CC2)cc1. The molecule has 0 bridgehead atoms. The monoisotopic (exact) mass is 514 g/mol. The number of fused-ring (bicyclic) bond motifs is 2. The molecule has 0 aromatic heterocycles. The topological polar surface area (TPSA) is 126 Å². The zero-order valence-corrected chi connectivity index (χ0v) is 20.5. The Morgan fingerprint density at radius 1 is 1.06 bits per heavy atom. The fraction of sp³-hybridized carbons (Fsp3) is 0.375. The molecule has 0 radical (unpaired) electrons. The van der Waals surface area contributed by atoms with Gasteiger partial charge >= 0.3 is 6.03 Å². The maximum absolute atomic E-state index is 13.4. The number of nitrogens with zero attached hydrogens (tertiary/aromatic N) is 3. The lowest BCUT2D eigenvalue weighted by Gasteiger charge is -2.35. The Morgan fingerprint density at radius 3 is 2.44 bits per heavy atom. The van der Waals surface area contributed by atoms with Crippen molar-refractivity contribution >= 4 is 27.9 Å². The second-order valence-corrected chi connectivity index (χ2v) is 10.7.